The number of carboxylic acid groups (broad SMARTS) is 1. The van der Waals surface area contributed by atoms with Gasteiger partial charge < -0.3 is 10.8 Å². The molecule has 0 saturated heterocycles. The molecule has 0 aromatic rings. The van der Waals surface area contributed by atoms with Gasteiger partial charge in [0.15, 0.2) is 22.1 Å². The molecule has 0 aromatic carbocycles. The van der Waals surface area contributed by atoms with E-state index in [4.69, 9.17) is 5.73 Å². The van der Waals surface area contributed by atoms with E-state index < -0.39 is 33.6 Å². The van der Waals surface area contributed by atoms with Crippen molar-refractivity contribution in [2.75, 3.05) is 0 Å². The van der Waals surface area contributed by atoms with Gasteiger partial charge in [0.1, 0.15) is 0 Å². The van der Waals surface area contributed by atoms with Crippen LogP contribution in [0.2, 0.25) is 0 Å². The van der Waals surface area contributed by atoms with E-state index in [1.54, 1.807) is 0 Å². The maximum Gasteiger partial charge on any atom is 0.333 e. The molecule has 0 fully saturated rings. The molecule has 0 unspecified atom stereocenters. The smallest absolute Gasteiger partial charge is 0.333 e. The van der Waals surface area contributed by atoms with Gasteiger partial charge in [-0.25, -0.2) is 4.79 Å². The van der Waals surface area contributed by atoms with Crippen LogP contribution in [0.5, 0.6) is 0 Å². The summed E-state index contributed by atoms with van der Waals surface area (Å²) >= 11 is 4.62. The Hall–Kier alpha value is -1.21. The van der Waals surface area contributed by atoms with Crippen LogP contribution in [0.15, 0.2) is 0 Å². The van der Waals surface area contributed by atoms with Gasteiger partial charge in [-0.15, -0.1) is 0 Å². The minimum Gasteiger partial charge on any atom is -0.479 e. The fourth-order valence-electron chi connectivity index (χ4n) is 8.54. The van der Waals surface area contributed by atoms with Gasteiger partial charge in [0.2, 0.25) is 5.54 Å². The highest BCUT2D eigenvalue weighted by Crippen LogP contribution is 2.36. The zero-order valence-corrected chi connectivity index (χ0v) is 39.7. The van der Waals surface area contributed by atoms with Gasteiger partial charge in [-0.05, 0) is 19.3 Å². The molecular formula is C51H97NO5S. The van der Waals surface area contributed by atoms with Crippen molar-refractivity contribution in [3.63, 3.8) is 0 Å². The summed E-state index contributed by atoms with van der Waals surface area (Å²) in [6, 6.07) is 0. The second-order valence-electron chi connectivity index (χ2n) is 18.1. The summed E-state index contributed by atoms with van der Waals surface area (Å²) in [6.07, 6.45) is 44.9. The maximum absolute atomic E-state index is 14.0. The molecule has 0 aliphatic carbocycles. The largest absolute Gasteiger partial charge is 0.479 e. The highest BCUT2D eigenvalue weighted by molar-refractivity contribution is 7.84. The third kappa shape index (κ3) is 26.9. The van der Waals surface area contributed by atoms with Crippen LogP contribution in [-0.4, -0.2) is 38.7 Å². The number of thiol groups is 1. The van der Waals surface area contributed by atoms with Crippen LogP contribution in [0.25, 0.3) is 0 Å². The topological polar surface area (TPSA) is 115 Å². The fraction of sp³-hybridized carbons (Fsp3) is 0.922. The molecule has 3 N–H and O–H groups in total. The normalized spacial score (nSPS) is 12.8. The van der Waals surface area contributed by atoms with Gasteiger partial charge in [0.25, 0.3) is 0 Å². The lowest BCUT2D eigenvalue weighted by molar-refractivity contribution is -0.155. The highest BCUT2D eigenvalue weighted by Gasteiger charge is 2.64. The van der Waals surface area contributed by atoms with Crippen molar-refractivity contribution in [1.29, 1.82) is 0 Å². The summed E-state index contributed by atoms with van der Waals surface area (Å²) < 4.78 is -2.37. The first kappa shape index (κ1) is 56.8. The molecular weight excluding hydrogens is 739 g/mol. The van der Waals surface area contributed by atoms with Crippen molar-refractivity contribution in [1.82, 2.24) is 0 Å². The first-order valence-corrected chi connectivity index (χ1v) is 25.9. The standard InChI is InChI=1S/C51H97NO5S/c1-4-7-10-13-16-19-22-25-28-31-34-37-40-43-46(53)50(52,49(56)57)51(58,47(54)44-41-38-35-32-29-26-23-20-17-14-11-8-5-2)48(55)45-42-39-36-33-30-27-24-21-18-15-12-9-6-3/h58H,4-45,52H2,1-3H3,(H,56,57)/t50-/m1/s1. The first-order valence-electron chi connectivity index (χ1n) is 25.5. The molecule has 58 heavy (non-hydrogen) atoms. The second-order valence-corrected chi connectivity index (χ2v) is 18.7. The molecule has 0 rings (SSSR count). The molecule has 0 saturated carbocycles. The van der Waals surface area contributed by atoms with Gasteiger partial charge in [-0.1, -0.05) is 252 Å². The third-order valence-corrected chi connectivity index (χ3v) is 13.5. The zero-order chi connectivity index (χ0) is 43.0. The van der Waals surface area contributed by atoms with E-state index in [-0.39, 0.29) is 19.3 Å². The zero-order valence-electron chi connectivity index (χ0n) is 38.8. The van der Waals surface area contributed by atoms with Crippen molar-refractivity contribution < 1.29 is 24.3 Å². The summed E-state index contributed by atoms with van der Waals surface area (Å²) in [7, 11) is 0. The Balaban J connectivity index is 5.08. The predicted octanol–water partition coefficient (Wildman–Crippen LogP) is 15.6. The number of hydrogen-bond donors (Lipinski definition) is 3. The van der Waals surface area contributed by atoms with Crippen molar-refractivity contribution in [3.8, 4) is 0 Å². The summed E-state index contributed by atoms with van der Waals surface area (Å²) in [5.41, 5.74) is 3.85. The van der Waals surface area contributed by atoms with Crippen molar-refractivity contribution >= 4 is 35.9 Å². The first-order chi connectivity index (χ1) is 28.1. The molecule has 1 atom stereocenters. The lowest BCUT2D eigenvalue weighted by atomic mass is 9.71. The summed E-state index contributed by atoms with van der Waals surface area (Å²) in [5, 5.41) is 10.5. The average molecular weight is 836 g/mol. The molecule has 0 heterocycles. The molecule has 0 aromatic heterocycles. The number of carboxylic acids is 1. The van der Waals surface area contributed by atoms with Crippen molar-refractivity contribution in [3.05, 3.63) is 0 Å². The van der Waals surface area contributed by atoms with E-state index in [0.717, 1.165) is 57.8 Å². The molecule has 0 aliphatic heterocycles. The van der Waals surface area contributed by atoms with Gasteiger partial charge in [0, 0.05) is 19.3 Å². The lowest BCUT2D eigenvalue weighted by Crippen LogP contribution is -2.73. The van der Waals surface area contributed by atoms with Crippen LogP contribution in [0.3, 0.4) is 0 Å². The monoisotopic (exact) mass is 836 g/mol. The van der Waals surface area contributed by atoms with Crippen LogP contribution in [0.1, 0.15) is 290 Å². The quantitative estimate of drug-likeness (QED) is 0.0319. The molecule has 0 bridgehead atoms. The van der Waals surface area contributed by atoms with Gasteiger partial charge >= 0.3 is 5.97 Å². The summed E-state index contributed by atoms with van der Waals surface area (Å²) in [6.45, 7) is 6.74. The number of nitrogens with two attached hydrogens (primary N) is 1. The van der Waals surface area contributed by atoms with Gasteiger partial charge in [-0.2, -0.15) is 12.6 Å². The van der Waals surface area contributed by atoms with E-state index in [1.165, 1.54) is 173 Å². The maximum atomic E-state index is 14.0. The second kappa shape index (κ2) is 39.9. The highest BCUT2D eigenvalue weighted by atomic mass is 32.1. The van der Waals surface area contributed by atoms with E-state index in [2.05, 4.69) is 33.4 Å². The number of ketones is 3. The fourth-order valence-corrected chi connectivity index (χ4v) is 8.98. The summed E-state index contributed by atoms with van der Waals surface area (Å²) in [5.74, 6) is -3.60. The van der Waals surface area contributed by atoms with Crippen LogP contribution < -0.4 is 5.73 Å². The molecule has 0 aliphatic rings. The molecule has 7 heteroatoms. The van der Waals surface area contributed by atoms with Crippen LogP contribution >= 0.6 is 12.6 Å². The van der Waals surface area contributed by atoms with E-state index >= 15 is 0 Å². The number of carbonyl (C=O) groups excluding carboxylic acids is 3. The number of hydrogen-bond acceptors (Lipinski definition) is 6. The van der Waals surface area contributed by atoms with E-state index in [9.17, 15) is 24.3 Å². The molecule has 0 spiro atoms. The van der Waals surface area contributed by atoms with Crippen LogP contribution in [0, 0.1) is 0 Å². The number of unbranched alkanes of at least 4 members (excludes halogenated alkanes) is 36. The van der Waals surface area contributed by atoms with Gasteiger partial charge in [-0.3, -0.25) is 14.4 Å². The number of rotatable bonds is 47. The summed E-state index contributed by atoms with van der Waals surface area (Å²) in [4.78, 5) is 54.7. The van der Waals surface area contributed by atoms with Gasteiger partial charge in [0.05, 0.1) is 0 Å². The number of carbonyl (C=O) groups is 4. The SMILES string of the molecule is CCCCCCCCCCCCCCCC(=O)C(S)(C(=O)CCCCCCCCCCCCCCC)[C@](N)(C(=O)O)C(=O)CCCCCCCCCCCCCCC. The van der Waals surface area contributed by atoms with Crippen LogP contribution in [0.4, 0.5) is 0 Å². The minimum absolute atomic E-state index is 0.00382. The number of aliphatic carboxylic acids is 1. The average Bonchev–Trinajstić information content (AvgIpc) is 3.21. The van der Waals surface area contributed by atoms with E-state index in [1.807, 2.05) is 0 Å². The van der Waals surface area contributed by atoms with Crippen molar-refractivity contribution in [2.24, 2.45) is 5.73 Å². The molecule has 0 radical (unpaired) electrons. The Morgan fingerprint density at radius 2 is 0.517 bits per heavy atom. The Labute approximate surface area is 365 Å². The minimum atomic E-state index is -2.69. The molecule has 0 amide bonds. The Morgan fingerprint density at radius 1 is 0.345 bits per heavy atom. The third-order valence-electron chi connectivity index (χ3n) is 12.7. The van der Waals surface area contributed by atoms with E-state index in [0.29, 0.717) is 19.3 Å². The predicted molar refractivity (Wildman–Crippen MR) is 252 cm³/mol. The Kier molecular flexibility index (Phi) is 39.1. The van der Waals surface area contributed by atoms with Crippen LogP contribution in [-0.2, 0) is 19.2 Å². The number of Topliss-reactive ketones (excluding diaryl/α,β-unsaturated/α-hetero) is 3. The molecule has 342 valence electrons. The lowest BCUT2D eigenvalue weighted by Gasteiger charge is -2.39. The Morgan fingerprint density at radius 3 is 0.707 bits per heavy atom. The molecule has 6 nitrogen and oxygen atoms in total. The van der Waals surface area contributed by atoms with Crippen molar-refractivity contribution in [2.45, 2.75) is 301 Å². The Bertz CT molecular complexity index is 959.